The maximum atomic E-state index is 10.4. The molecular weight excluding hydrogens is 415 g/mol. The van der Waals surface area contributed by atoms with Crippen molar-refractivity contribution < 1.29 is 66.0 Å². The minimum absolute atomic E-state index is 0. The van der Waals surface area contributed by atoms with Crippen molar-refractivity contribution in [3.8, 4) is 0 Å². The molecule has 0 atom stereocenters. The number of carboxylic acid groups (broad SMARTS) is 1. The van der Waals surface area contributed by atoms with Crippen LogP contribution < -0.4 is 56.5 Å². The molecule has 0 aliphatic carbocycles. The number of aliphatic imine (C=N–C) groups is 1. The third kappa shape index (κ3) is 19.5. The van der Waals surface area contributed by atoms with Gasteiger partial charge in [-0.2, -0.15) is 0 Å². The van der Waals surface area contributed by atoms with Crippen molar-refractivity contribution in [3.05, 3.63) is 12.2 Å². The van der Waals surface area contributed by atoms with Crippen LogP contribution in [0, 0.1) is 0 Å². The number of hydrogen-bond donors (Lipinski definition) is 0. The molecule has 5 nitrogen and oxygen atoms in total. The first-order valence-corrected chi connectivity index (χ1v) is 12.4. The number of aliphatic carboxylic acids is 1. The van der Waals surface area contributed by atoms with Crippen LogP contribution in [-0.2, 0) is 9.53 Å². The predicted octanol–water partition coefficient (Wildman–Crippen LogP) is 1.90. The molecule has 0 spiro atoms. The Kier molecular flexibility index (Phi) is 23.6. The molecule has 0 aromatic heterocycles. The Labute approximate surface area is 233 Å². The van der Waals surface area contributed by atoms with E-state index in [0.29, 0.717) is 6.61 Å². The van der Waals surface area contributed by atoms with Crippen LogP contribution in [0.25, 0.3) is 0 Å². The van der Waals surface area contributed by atoms with Gasteiger partial charge in [-0.3, -0.25) is 4.99 Å². The Morgan fingerprint density at radius 2 is 1.58 bits per heavy atom. The van der Waals surface area contributed by atoms with Gasteiger partial charge in [0.25, 0.3) is 0 Å². The number of amidine groups is 1. The molecular formula is C25H45KN2O3. The largest absolute Gasteiger partial charge is 1.00 e. The van der Waals surface area contributed by atoms with E-state index < -0.39 is 5.97 Å². The van der Waals surface area contributed by atoms with E-state index in [1.165, 1.54) is 89.3 Å². The molecule has 0 bridgehead atoms. The third-order valence-corrected chi connectivity index (χ3v) is 5.65. The van der Waals surface area contributed by atoms with Gasteiger partial charge in [0, 0.05) is 31.9 Å². The van der Waals surface area contributed by atoms with Gasteiger partial charge in [0.15, 0.2) is 0 Å². The van der Waals surface area contributed by atoms with Crippen molar-refractivity contribution in [1.29, 1.82) is 0 Å². The standard InChI is InChI=1S/C25H46N2O3.K/c1-2-3-4-5-6-7-8-9-10-11-12-13-14-15-16-17-24-26-19-20-27(24)21-23-30-22-18-25(28)29;/h9-10H,2-8,11-23H2,1H3,(H,28,29);/q;+1/p-1/b10-9-;. The molecule has 0 fully saturated rings. The summed E-state index contributed by atoms with van der Waals surface area (Å²) in [5, 5.41) is 10.4. The monoisotopic (exact) mass is 460 g/mol. The quantitative estimate of drug-likeness (QED) is 0.149. The second-order valence-corrected chi connectivity index (χ2v) is 8.35. The fourth-order valence-electron chi connectivity index (χ4n) is 3.79. The second kappa shape index (κ2) is 23.4. The van der Waals surface area contributed by atoms with Crippen molar-refractivity contribution in [2.75, 3.05) is 32.8 Å². The Bertz CT molecular complexity index is 483. The van der Waals surface area contributed by atoms with Crippen molar-refractivity contribution in [3.63, 3.8) is 0 Å². The van der Waals surface area contributed by atoms with Crippen LogP contribution in [0.2, 0.25) is 0 Å². The summed E-state index contributed by atoms with van der Waals surface area (Å²) in [5.74, 6) is 0.152. The van der Waals surface area contributed by atoms with Gasteiger partial charge in [0.2, 0.25) is 0 Å². The third-order valence-electron chi connectivity index (χ3n) is 5.65. The normalized spacial score (nSPS) is 13.6. The fraction of sp³-hybridized carbons (Fsp3) is 0.840. The van der Waals surface area contributed by atoms with Crippen molar-refractivity contribution in [2.45, 2.75) is 103 Å². The zero-order valence-electron chi connectivity index (χ0n) is 20.4. The topological polar surface area (TPSA) is 65.0 Å². The van der Waals surface area contributed by atoms with E-state index in [4.69, 9.17) is 4.74 Å². The van der Waals surface area contributed by atoms with E-state index >= 15 is 0 Å². The molecule has 0 unspecified atom stereocenters. The zero-order chi connectivity index (χ0) is 21.7. The van der Waals surface area contributed by atoms with Gasteiger partial charge in [-0.05, 0) is 32.1 Å². The van der Waals surface area contributed by atoms with Crippen LogP contribution in [0.4, 0.5) is 0 Å². The molecule has 1 heterocycles. The van der Waals surface area contributed by atoms with Gasteiger partial charge in [-0.15, -0.1) is 0 Å². The van der Waals surface area contributed by atoms with Crippen LogP contribution in [0.5, 0.6) is 0 Å². The molecule has 1 aliphatic heterocycles. The van der Waals surface area contributed by atoms with Gasteiger partial charge in [0.1, 0.15) is 0 Å². The summed E-state index contributed by atoms with van der Waals surface area (Å²) in [6.45, 7) is 5.70. The average molecular weight is 461 g/mol. The summed E-state index contributed by atoms with van der Waals surface area (Å²) >= 11 is 0. The van der Waals surface area contributed by atoms with Crippen LogP contribution in [0.15, 0.2) is 17.1 Å². The molecule has 0 saturated heterocycles. The fourth-order valence-corrected chi connectivity index (χ4v) is 3.79. The summed E-state index contributed by atoms with van der Waals surface area (Å²) in [6, 6.07) is 0. The van der Waals surface area contributed by atoms with Crippen LogP contribution in [0.3, 0.4) is 0 Å². The SMILES string of the molecule is CCCCCCCC/C=C\CCCCCCCC1=NCCN1CCOCCC(=O)[O-].[K+]. The maximum Gasteiger partial charge on any atom is 1.00 e. The number of ether oxygens (including phenoxy) is 1. The Morgan fingerprint density at radius 3 is 2.23 bits per heavy atom. The predicted molar refractivity (Wildman–Crippen MR) is 124 cm³/mol. The number of carbonyl (C=O) groups excluding carboxylic acids is 1. The molecule has 0 saturated carbocycles. The van der Waals surface area contributed by atoms with Gasteiger partial charge < -0.3 is 19.5 Å². The van der Waals surface area contributed by atoms with E-state index in [-0.39, 0.29) is 64.4 Å². The second-order valence-electron chi connectivity index (χ2n) is 8.35. The molecule has 0 radical (unpaired) electrons. The maximum absolute atomic E-state index is 10.4. The Morgan fingerprint density at radius 1 is 0.968 bits per heavy atom. The van der Waals surface area contributed by atoms with E-state index in [0.717, 1.165) is 26.1 Å². The van der Waals surface area contributed by atoms with Crippen LogP contribution in [0.1, 0.15) is 103 Å². The van der Waals surface area contributed by atoms with Gasteiger partial charge in [-0.1, -0.05) is 70.4 Å². The number of nitrogens with zero attached hydrogens (tertiary/aromatic N) is 2. The van der Waals surface area contributed by atoms with E-state index in [9.17, 15) is 9.90 Å². The molecule has 0 aromatic rings. The number of carboxylic acids is 1. The molecule has 6 heteroatoms. The van der Waals surface area contributed by atoms with E-state index in [1.54, 1.807) is 0 Å². The minimum atomic E-state index is -1.05. The average Bonchev–Trinajstić information content (AvgIpc) is 3.17. The number of carbonyl (C=O) groups is 1. The smallest absolute Gasteiger partial charge is 0.550 e. The summed E-state index contributed by atoms with van der Waals surface area (Å²) in [4.78, 5) is 17.3. The molecule has 174 valence electrons. The van der Waals surface area contributed by atoms with Crippen LogP contribution >= 0.6 is 0 Å². The molecule has 1 rings (SSSR count). The summed E-state index contributed by atoms with van der Waals surface area (Å²) in [5.41, 5.74) is 0. The Balaban J connectivity index is 0.00000900. The Hall–Kier alpha value is 0.276. The number of hydrogen-bond acceptors (Lipinski definition) is 5. The summed E-state index contributed by atoms with van der Waals surface area (Å²) in [6.07, 6.45) is 23.0. The van der Waals surface area contributed by atoms with E-state index in [2.05, 4.69) is 29.0 Å². The first kappa shape index (κ1) is 31.3. The van der Waals surface area contributed by atoms with Crippen LogP contribution in [-0.4, -0.2) is 49.6 Å². The van der Waals surface area contributed by atoms with Crippen molar-refractivity contribution in [2.24, 2.45) is 4.99 Å². The first-order valence-electron chi connectivity index (χ1n) is 12.4. The van der Waals surface area contributed by atoms with E-state index in [1.807, 2.05) is 0 Å². The molecule has 0 N–H and O–H groups in total. The summed E-state index contributed by atoms with van der Waals surface area (Å²) in [7, 11) is 0. The van der Waals surface area contributed by atoms with Crippen molar-refractivity contribution >= 4 is 11.8 Å². The minimum Gasteiger partial charge on any atom is -0.550 e. The number of rotatable bonds is 21. The zero-order valence-corrected chi connectivity index (χ0v) is 23.5. The molecule has 0 amide bonds. The molecule has 31 heavy (non-hydrogen) atoms. The molecule has 0 aromatic carbocycles. The van der Waals surface area contributed by atoms with Gasteiger partial charge in [0.05, 0.1) is 25.6 Å². The first-order chi connectivity index (χ1) is 14.7. The van der Waals surface area contributed by atoms with Gasteiger partial charge >= 0.3 is 51.4 Å². The molecule has 1 aliphatic rings. The number of allylic oxidation sites excluding steroid dienone is 2. The summed E-state index contributed by atoms with van der Waals surface area (Å²) < 4.78 is 5.36. The number of unbranched alkanes of at least 4 members (excludes halogenated alkanes) is 11. The van der Waals surface area contributed by atoms with Gasteiger partial charge in [-0.25, -0.2) is 0 Å². The van der Waals surface area contributed by atoms with Crippen molar-refractivity contribution in [1.82, 2.24) is 4.90 Å².